The third-order valence-corrected chi connectivity index (χ3v) is 5.20. The minimum absolute atomic E-state index is 0.0251. The lowest BCUT2D eigenvalue weighted by atomic mass is 10.2. The monoisotopic (exact) mass is 356 g/mol. The van der Waals surface area contributed by atoms with Gasteiger partial charge in [-0.2, -0.15) is 0 Å². The molecule has 1 aliphatic rings. The summed E-state index contributed by atoms with van der Waals surface area (Å²) in [5, 5.41) is 18.8. The van der Waals surface area contributed by atoms with Gasteiger partial charge in [0.15, 0.2) is 0 Å². The van der Waals surface area contributed by atoms with Gasteiger partial charge < -0.3 is 29.6 Å². The van der Waals surface area contributed by atoms with Crippen molar-refractivity contribution in [3.05, 3.63) is 32.6 Å². The van der Waals surface area contributed by atoms with Crippen LogP contribution in [0.15, 0.2) is 15.8 Å². The van der Waals surface area contributed by atoms with E-state index in [4.69, 9.17) is 24.5 Å². The molecule has 1 aliphatic heterocycles. The zero-order chi connectivity index (χ0) is 16.7. The Labute approximate surface area is 127 Å². The molecule has 2 rings (SSSR count). The molecular weight excluding hydrogens is 339 g/mol. The van der Waals surface area contributed by atoms with Crippen LogP contribution in [0, 0.1) is 6.92 Å². The first kappa shape index (κ1) is 17.6. The summed E-state index contributed by atoms with van der Waals surface area (Å²) in [6, 6.07) is 0. The van der Waals surface area contributed by atoms with Crippen LogP contribution in [0.5, 0.6) is 0 Å². The minimum Gasteiger partial charge on any atom is -0.394 e. The number of nitrogens with zero attached hydrogens (tertiary/aromatic N) is 2. The first-order chi connectivity index (χ1) is 10.1. The molecule has 1 unspecified atom stereocenters. The summed E-state index contributed by atoms with van der Waals surface area (Å²) >= 11 is -0.640. The van der Waals surface area contributed by atoms with Crippen LogP contribution in [0.25, 0.3) is 0 Å². The van der Waals surface area contributed by atoms with Crippen LogP contribution < -0.4 is 11.2 Å². The molecule has 126 valence electrons. The van der Waals surface area contributed by atoms with Crippen molar-refractivity contribution in [2.24, 2.45) is 0 Å². The van der Waals surface area contributed by atoms with Crippen molar-refractivity contribution >= 4 is 17.8 Å². The van der Waals surface area contributed by atoms with Crippen LogP contribution in [-0.2, 0) is 15.9 Å². The van der Waals surface area contributed by atoms with E-state index in [9.17, 15) is 14.7 Å². The molecule has 1 saturated heterocycles. The Hall–Kier alpha value is -0.780. The van der Waals surface area contributed by atoms with Crippen molar-refractivity contribution < 1.29 is 29.6 Å². The second-order valence-electron chi connectivity index (χ2n) is 4.86. The van der Waals surface area contributed by atoms with E-state index in [0.717, 1.165) is 4.57 Å². The number of rotatable bonds is 3. The maximum Gasteiger partial charge on any atom is 0.343 e. The Kier molecular flexibility index (Phi) is 5.09. The molecule has 12 heteroatoms. The van der Waals surface area contributed by atoms with Gasteiger partial charge in [-0.05, 0) is 18.0 Å². The van der Waals surface area contributed by atoms with Crippen LogP contribution in [0.3, 0.4) is 0 Å². The number of aliphatic hydroxyl groups is 2. The molecule has 1 aromatic rings. The normalized spacial score (nSPS) is 25.6. The van der Waals surface area contributed by atoms with Gasteiger partial charge in [-0.15, -0.1) is 0 Å². The largest absolute Gasteiger partial charge is 0.394 e. The number of aliphatic hydroxyl groups excluding tert-OH is 2. The molecule has 1 fully saturated rings. The quantitative estimate of drug-likeness (QED) is 0.251. The van der Waals surface area contributed by atoms with Gasteiger partial charge in [0.05, 0.1) is 12.7 Å². The fourth-order valence-electron chi connectivity index (χ4n) is 2.14. The molecule has 22 heavy (non-hydrogen) atoms. The second kappa shape index (κ2) is 6.38. The lowest BCUT2D eigenvalue weighted by molar-refractivity contribution is -0.0460. The third-order valence-electron chi connectivity index (χ3n) is 3.17. The second-order valence-corrected chi connectivity index (χ2v) is 8.66. The number of ether oxygens (including phenoxy) is 1. The average Bonchev–Trinajstić information content (AvgIpc) is 2.79. The van der Waals surface area contributed by atoms with Gasteiger partial charge in [-0.3, -0.25) is 9.36 Å². The standard InChI is InChI=1S/C10H17N2O8PS/c1-5-3-11(8-2-6(14)7(4-13)20-8)10(16)12(9(5)15)22-21(17,18)19/h3,6-8,13-14,17-19,22H,2,4H2,1H3/t6?,7-,8-/m0/s1. The Balaban J connectivity index is 2.56. The fourth-order valence-corrected chi connectivity index (χ4v) is 3.99. The molecule has 0 bridgehead atoms. The van der Waals surface area contributed by atoms with Crippen molar-refractivity contribution in [2.45, 2.75) is 31.8 Å². The summed E-state index contributed by atoms with van der Waals surface area (Å²) in [6.45, 7) is -3.42. The highest BCUT2D eigenvalue weighted by atomic mass is 32.5. The van der Waals surface area contributed by atoms with Gasteiger partial charge in [0.1, 0.15) is 12.3 Å². The van der Waals surface area contributed by atoms with E-state index in [1.54, 1.807) is 0 Å². The summed E-state index contributed by atoms with van der Waals surface area (Å²) in [6.07, 6.45) is -1.49. The highest BCUT2D eigenvalue weighted by Gasteiger charge is 2.35. The predicted octanol–water partition coefficient (Wildman–Crippen LogP) is -2.81. The molecule has 3 atom stereocenters. The smallest absolute Gasteiger partial charge is 0.343 e. The van der Waals surface area contributed by atoms with E-state index in [2.05, 4.69) is 0 Å². The molecule has 0 saturated carbocycles. The van der Waals surface area contributed by atoms with Gasteiger partial charge in [0.2, 0.25) is 0 Å². The minimum atomic E-state index is -4.40. The highest BCUT2D eigenvalue weighted by Crippen LogP contribution is 2.31. The summed E-state index contributed by atoms with van der Waals surface area (Å²) in [7, 11) is 0. The Morgan fingerprint density at radius 3 is 2.55 bits per heavy atom. The molecule has 0 spiro atoms. The Morgan fingerprint density at radius 1 is 1.41 bits per heavy atom. The van der Waals surface area contributed by atoms with E-state index in [0.29, 0.717) is 3.97 Å². The molecule has 2 heterocycles. The van der Waals surface area contributed by atoms with Crippen LogP contribution in [0.4, 0.5) is 0 Å². The maximum atomic E-state index is 12.3. The molecule has 0 aromatic carbocycles. The average molecular weight is 356 g/mol. The predicted molar refractivity (Wildman–Crippen MR) is 79.1 cm³/mol. The van der Waals surface area contributed by atoms with E-state index in [-0.39, 0.29) is 12.0 Å². The maximum absolute atomic E-state index is 12.3. The molecular formula is C10H17N2O8PS. The molecule has 0 aliphatic carbocycles. The third kappa shape index (κ3) is 3.58. The number of thiol groups is 1. The first-order valence-electron chi connectivity index (χ1n) is 6.24. The number of aromatic nitrogens is 2. The van der Waals surface area contributed by atoms with Crippen LogP contribution >= 0.6 is 6.72 Å². The number of hydrogen-bond donors (Lipinski definition) is 6. The van der Waals surface area contributed by atoms with Gasteiger partial charge in [0.25, 0.3) is 12.3 Å². The van der Waals surface area contributed by atoms with Gasteiger partial charge in [-0.1, -0.05) is 0 Å². The van der Waals surface area contributed by atoms with Crippen LogP contribution in [0.1, 0.15) is 18.2 Å². The van der Waals surface area contributed by atoms with E-state index in [1.807, 2.05) is 0 Å². The summed E-state index contributed by atoms with van der Waals surface area (Å²) in [5.41, 5.74) is -1.58. The molecule has 10 nitrogen and oxygen atoms in total. The number of hydrogen-bond acceptors (Lipinski definition) is 5. The zero-order valence-electron chi connectivity index (χ0n) is 11.5. The van der Waals surface area contributed by atoms with Crippen molar-refractivity contribution in [1.29, 1.82) is 0 Å². The number of aryl methyl sites for hydroxylation is 1. The zero-order valence-corrected chi connectivity index (χ0v) is 13.3. The summed E-state index contributed by atoms with van der Waals surface area (Å²) in [4.78, 5) is 51.5. The van der Waals surface area contributed by atoms with Crippen LogP contribution in [0.2, 0.25) is 0 Å². The SMILES string of the molecule is Cc1cn([C@@H]2CC(O)[C@H](CO)O2)c(=O)n([SH]=P(O)(O)O)c1=O. The van der Waals surface area contributed by atoms with E-state index < -0.39 is 54.1 Å². The lowest BCUT2D eigenvalue weighted by Crippen LogP contribution is -2.40. The molecule has 5 N–H and O–H groups in total. The Bertz CT molecular complexity index is 729. The fraction of sp³-hybridized carbons (Fsp3) is 0.600. The van der Waals surface area contributed by atoms with E-state index in [1.165, 1.54) is 13.1 Å². The van der Waals surface area contributed by atoms with Gasteiger partial charge in [-0.25, -0.2) is 8.77 Å². The molecule has 1 aromatic heterocycles. The van der Waals surface area contributed by atoms with E-state index >= 15 is 0 Å². The van der Waals surface area contributed by atoms with Crippen molar-refractivity contribution in [1.82, 2.24) is 8.54 Å². The topological polar surface area (TPSA) is 154 Å². The first-order valence-corrected chi connectivity index (χ1v) is 9.44. The Morgan fingerprint density at radius 2 is 2.05 bits per heavy atom. The summed E-state index contributed by atoms with van der Waals surface area (Å²) < 4.78 is 6.83. The molecule has 0 amide bonds. The molecule has 0 radical (unpaired) electrons. The van der Waals surface area contributed by atoms with Crippen molar-refractivity contribution in [2.75, 3.05) is 6.61 Å². The van der Waals surface area contributed by atoms with Gasteiger partial charge >= 0.3 is 5.69 Å². The van der Waals surface area contributed by atoms with Gasteiger partial charge in [0, 0.05) is 18.2 Å². The highest BCUT2D eigenvalue weighted by molar-refractivity contribution is 8.15. The summed E-state index contributed by atoms with van der Waals surface area (Å²) in [5.74, 6) is 0. The van der Waals surface area contributed by atoms with Crippen molar-refractivity contribution in [3.63, 3.8) is 0 Å². The lowest BCUT2D eigenvalue weighted by Gasteiger charge is -2.16. The van der Waals surface area contributed by atoms with Crippen LogP contribution in [-0.4, -0.2) is 52.2 Å². The van der Waals surface area contributed by atoms with Crippen molar-refractivity contribution in [3.8, 4) is 0 Å².